The van der Waals surface area contributed by atoms with Crippen molar-refractivity contribution in [1.82, 2.24) is 15.0 Å². The predicted octanol–water partition coefficient (Wildman–Crippen LogP) is 12.6. The molecule has 8 aromatic rings. The second kappa shape index (κ2) is 13.8. The summed E-state index contributed by atoms with van der Waals surface area (Å²) in [5.74, 6) is 1.58. The monoisotopic (exact) mass is 758 g/mol. The number of thioether (sulfide) groups is 1. The molecule has 2 heterocycles. The first-order chi connectivity index (χ1) is 28.7. The first-order valence-corrected chi connectivity index (χ1v) is 20.4. The second-order valence-corrected chi connectivity index (χ2v) is 16.1. The van der Waals surface area contributed by atoms with Crippen LogP contribution in [0.15, 0.2) is 205 Å². The fourth-order valence-corrected chi connectivity index (χ4v) is 10.8. The lowest BCUT2D eigenvalue weighted by Gasteiger charge is -2.46. The van der Waals surface area contributed by atoms with Gasteiger partial charge in [0.05, 0.1) is 22.7 Å². The summed E-state index contributed by atoms with van der Waals surface area (Å²) in [5, 5.41) is 10.5. The van der Waals surface area contributed by atoms with E-state index in [1.807, 2.05) is 48.2 Å². The van der Waals surface area contributed by atoms with Crippen LogP contribution < -0.4 is 0 Å². The summed E-state index contributed by atoms with van der Waals surface area (Å²) >= 11 is 1.82. The third-order valence-electron chi connectivity index (χ3n) is 11.8. The Morgan fingerprint density at radius 1 is 0.466 bits per heavy atom. The second-order valence-electron chi connectivity index (χ2n) is 14.9. The Kier molecular flexibility index (Phi) is 8.13. The summed E-state index contributed by atoms with van der Waals surface area (Å²) < 4.78 is 0. The van der Waals surface area contributed by atoms with E-state index in [9.17, 15) is 5.26 Å². The first-order valence-electron chi connectivity index (χ1n) is 19.6. The minimum absolute atomic E-state index is 0.0581. The van der Waals surface area contributed by atoms with Gasteiger partial charge in [0.25, 0.3) is 0 Å². The molecule has 4 nitrogen and oxygen atoms in total. The van der Waals surface area contributed by atoms with Gasteiger partial charge >= 0.3 is 0 Å². The van der Waals surface area contributed by atoms with Crippen LogP contribution in [0.4, 0.5) is 0 Å². The fraction of sp³-hybridized carbons (Fsp3) is 0.0566. The largest absolute Gasteiger partial charge is 0.208 e. The molecule has 1 aromatic heterocycles. The van der Waals surface area contributed by atoms with Gasteiger partial charge in [-0.25, -0.2) is 15.0 Å². The van der Waals surface area contributed by atoms with Crippen LogP contribution >= 0.6 is 11.8 Å². The third kappa shape index (κ3) is 5.34. The normalized spacial score (nSPS) is 16.7. The van der Waals surface area contributed by atoms with Crippen LogP contribution in [0.5, 0.6) is 0 Å². The van der Waals surface area contributed by atoms with E-state index in [2.05, 4.69) is 164 Å². The van der Waals surface area contributed by atoms with Gasteiger partial charge in [0, 0.05) is 21.6 Å². The number of benzene rings is 7. The zero-order valence-corrected chi connectivity index (χ0v) is 32.1. The molecule has 0 saturated heterocycles. The molecule has 0 radical (unpaired) electrons. The molecule has 0 fully saturated rings. The minimum Gasteiger partial charge on any atom is -0.208 e. The van der Waals surface area contributed by atoms with Crippen molar-refractivity contribution in [2.24, 2.45) is 5.92 Å². The van der Waals surface area contributed by atoms with E-state index in [4.69, 9.17) is 15.0 Å². The van der Waals surface area contributed by atoms with Gasteiger partial charge in [0.2, 0.25) is 0 Å². The fourth-order valence-electron chi connectivity index (χ4n) is 9.20. The van der Waals surface area contributed by atoms with E-state index < -0.39 is 5.41 Å². The van der Waals surface area contributed by atoms with E-state index in [0.29, 0.717) is 17.5 Å². The maximum Gasteiger partial charge on any atom is 0.164 e. The summed E-state index contributed by atoms with van der Waals surface area (Å²) in [7, 11) is 0. The molecule has 1 aliphatic heterocycles. The molecule has 0 amide bonds. The van der Waals surface area contributed by atoms with Crippen molar-refractivity contribution in [3.8, 4) is 73.6 Å². The van der Waals surface area contributed by atoms with E-state index >= 15 is 0 Å². The Hall–Kier alpha value is -7.13. The number of hydrogen-bond acceptors (Lipinski definition) is 5. The van der Waals surface area contributed by atoms with E-state index in [0.717, 1.165) is 38.9 Å². The summed E-state index contributed by atoms with van der Waals surface area (Å²) in [6, 6.07) is 64.5. The highest BCUT2D eigenvalue weighted by molar-refractivity contribution is 8.00. The van der Waals surface area contributed by atoms with Gasteiger partial charge in [-0.2, -0.15) is 5.26 Å². The number of fused-ring (bicyclic) bond motifs is 9. The van der Waals surface area contributed by atoms with Crippen LogP contribution in [-0.2, 0) is 5.41 Å². The van der Waals surface area contributed by atoms with Crippen molar-refractivity contribution >= 4 is 11.8 Å². The quantitative estimate of drug-likeness (QED) is 0.175. The van der Waals surface area contributed by atoms with Crippen molar-refractivity contribution in [3.63, 3.8) is 0 Å². The Morgan fingerprint density at radius 3 is 1.60 bits per heavy atom. The highest BCUT2D eigenvalue weighted by Crippen LogP contribution is 2.64. The molecule has 0 bridgehead atoms. The Labute approximate surface area is 342 Å². The highest BCUT2D eigenvalue weighted by atomic mass is 32.2. The lowest BCUT2D eigenvalue weighted by atomic mass is 9.63. The summed E-state index contributed by atoms with van der Waals surface area (Å²) in [6.45, 7) is 0. The third-order valence-corrected chi connectivity index (χ3v) is 13.2. The average molecular weight is 759 g/mol. The highest BCUT2D eigenvalue weighted by Gasteiger charge is 2.54. The molecule has 1 spiro atoms. The number of hydrogen-bond donors (Lipinski definition) is 0. The molecular weight excluding hydrogens is 725 g/mol. The van der Waals surface area contributed by atoms with Crippen LogP contribution in [0.3, 0.4) is 0 Å². The van der Waals surface area contributed by atoms with Gasteiger partial charge in [-0.05, 0) is 67.8 Å². The molecular formula is C53H34N4S. The standard InChI is InChI=1S/C53H34N4S/c54-33-40-23-13-29-46-48(40)58-49-41(26-14-30-47(49)53(46)44-27-9-7-24-42(44)43-25-8-10-28-45(43)53)37-20-12-22-39(32-37)52-56-50(35-17-5-2-6-18-35)55-51(57-52)38-21-11-19-36(31-38)34-15-3-1-4-16-34/h1-32,40,48H. The molecule has 2 unspecified atom stereocenters. The average Bonchev–Trinajstić information content (AvgIpc) is 3.60. The number of nitrogens with zero attached hydrogens (tertiary/aromatic N) is 4. The SMILES string of the molecule is N#CC1C=CC=C2C1Sc1c(-c3cccc(-c4nc(-c5ccccc5)nc(-c5cccc(-c6ccccc6)c5)n4)c3)cccc1C21c2ccccc2-c2ccccc21. The van der Waals surface area contributed by atoms with Gasteiger partial charge in [0.15, 0.2) is 17.5 Å². The molecule has 7 aromatic carbocycles. The maximum atomic E-state index is 10.6. The number of rotatable bonds is 5. The zero-order valence-electron chi connectivity index (χ0n) is 31.3. The lowest BCUT2D eigenvalue weighted by Crippen LogP contribution is -2.41. The number of nitriles is 1. The lowest BCUT2D eigenvalue weighted by molar-refractivity contribution is 0.640. The van der Waals surface area contributed by atoms with Crippen LogP contribution in [0.2, 0.25) is 0 Å². The molecule has 11 rings (SSSR count). The van der Waals surface area contributed by atoms with E-state index in [1.165, 1.54) is 38.3 Å². The van der Waals surface area contributed by atoms with Crippen LogP contribution in [0, 0.1) is 17.2 Å². The molecule has 0 saturated carbocycles. The van der Waals surface area contributed by atoms with Crippen molar-refractivity contribution in [2.45, 2.75) is 15.6 Å². The summed E-state index contributed by atoms with van der Waals surface area (Å²) in [5.41, 5.74) is 14.2. The smallest absolute Gasteiger partial charge is 0.164 e. The van der Waals surface area contributed by atoms with E-state index in [-0.39, 0.29) is 11.2 Å². The molecule has 5 heteroatoms. The molecule has 2 aliphatic carbocycles. The maximum absolute atomic E-state index is 10.6. The van der Waals surface area contributed by atoms with Gasteiger partial charge in [-0.1, -0.05) is 182 Å². The molecule has 3 aliphatic rings. The summed E-state index contributed by atoms with van der Waals surface area (Å²) in [4.78, 5) is 16.5. The van der Waals surface area contributed by atoms with Crippen molar-refractivity contribution < 1.29 is 0 Å². The molecule has 2 atom stereocenters. The van der Waals surface area contributed by atoms with Gasteiger partial charge < -0.3 is 0 Å². The Bertz CT molecular complexity index is 2970. The number of aromatic nitrogens is 3. The Morgan fingerprint density at radius 2 is 0.948 bits per heavy atom. The Balaban J connectivity index is 1.09. The molecule has 0 N–H and O–H groups in total. The van der Waals surface area contributed by atoms with E-state index in [1.54, 1.807) is 0 Å². The van der Waals surface area contributed by atoms with Crippen molar-refractivity contribution in [1.29, 1.82) is 5.26 Å². The molecule has 58 heavy (non-hydrogen) atoms. The van der Waals surface area contributed by atoms with Crippen molar-refractivity contribution in [3.05, 3.63) is 216 Å². The number of allylic oxidation sites excluding steroid dienone is 3. The zero-order chi connectivity index (χ0) is 38.6. The summed E-state index contributed by atoms with van der Waals surface area (Å²) in [6.07, 6.45) is 6.43. The molecule has 272 valence electrons. The van der Waals surface area contributed by atoms with Crippen LogP contribution in [0.1, 0.15) is 16.7 Å². The van der Waals surface area contributed by atoms with Gasteiger partial charge in [-0.15, -0.1) is 11.8 Å². The van der Waals surface area contributed by atoms with Gasteiger partial charge in [-0.3, -0.25) is 0 Å². The van der Waals surface area contributed by atoms with Gasteiger partial charge in [0.1, 0.15) is 0 Å². The van der Waals surface area contributed by atoms with Crippen LogP contribution in [-0.4, -0.2) is 20.2 Å². The topological polar surface area (TPSA) is 62.5 Å². The predicted molar refractivity (Wildman–Crippen MR) is 235 cm³/mol. The first kappa shape index (κ1) is 34.1. The minimum atomic E-state index is -0.534. The van der Waals surface area contributed by atoms with Crippen molar-refractivity contribution in [2.75, 3.05) is 0 Å². The van der Waals surface area contributed by atoms with Crippen LogP contribution in [0.25, 0.3) is 67.5 Å².